The van der Waals surface area contributed by atoms with Gasteiger partial charge >= 0.3 is 6.03 Å². The molecule has 0 spiro atoms. The molecule has 0 saturated carbocycles. The minimum Gasteiger partial charge on any atom is -0.492 e. The number of nitrogens with one attached hydrogen (secondary N) is 2. The second-order valence-electron chi connectivity index (χ2n) is 10.6. The van der Waals surface area contributed by atoms with Crippen molar-refractivity contribution < 1.29 is 29.0 Å². The van der Waals surface area contributed by atoms with Crippen molar-refractivity contribution >= 4 is 44.1 Å². The van der Waals surface area contributed by atoms with E-state index in [2.05, 4.69) is 37.2 Å². The van der Waals surface area contributed by atoms with E-state index in [1.807, 2.05) is 24.4 Å². The van der Waals surface area contributed by atoms with E-state index in [9.17, 15) is 15.0 Å². The van der Waals surface area contributed by atoms with Crippen molar-refractivity contribution in [1.29, 1.82) is 0 Å². The van der Waals surface area contributed by atoms with Crippen molar-refractivity contribution in [2.75, 3.05) is 50.1 Å². The number of aliphatic hydroxyl groups is 2. The van der Waals surface area contributed by atoms with Gasteiger partial charge in [0.25, 0.3) is 0 Å². The summed E-state index contributed by atoms with van der Waals surface area (Å²) in [6.45, 7) is 8.18. The summed E-state index contributed by atoms with van der Waals surface area (Å²) < 4.78 is 19.8. The zero-order valence-electron chi connectivity index (χ0n) is 23.2. The van der Waals surface area contributed by atoms with Gasteiger partial charge < -0.3 is 29.5 Å². The fourth-order valence-electron chi connectivity index (χ4n) is 4.60. The number of thiazole rings is 1. The van der Waals surface area contributed by atoms with Crippen molar-refractivity contribution in [3.8, 4) is 17.0 Å². The molecule has 2 amide bonds. The van der Waals surface area contributed by atoms with Crippen molar-refractivity contribution in [3.63, 3.8) is 0 Å². The van der Waals surface area contributed by atoms with Crippen LogP contribution in [0.25, 0.3) is 26.4 Å². The lowest BCUT2D eigenvalue weighted by atomic mass is 9.89. The Morgan fingerprint density at radius 2 is 1.90 bits per heavy atom. The second kappa shape index (κ2) is 11.7. The van der Waals surface area contributed by atoms with E-state index in [0.29, 0.717) is 12.3 Å². The van der Waals surface area contributed by atoms with E-state index >= 15 is 0 Å². The maximum Gasteiger partial charge on any atom is 0.324 e. The number of imidazole rings is 1. The smallest absolute Gasteiger partial charge is 0.324 e. The number of carbonyl (C=O) groups excluding carboxylic acids is 1. The maximum atomic E-state index is 12.5. The van der Waals surface area contributed by atoms with Gasteiger partial charge in [0.2, 0.25) is 0 Å². The Morgan fingerprint density at radius 3 is 2.67 bits per heavy atom. The highest BCUT2D eigenvalue weighted by molar-refractivity contribution is 7.23. The predicted molar refractivity (Wildman–Crippen MR) is 159 cm³/mol. The number of ether oxygens (including phenoxy) is 2. The van der Waals surface area contributed by atoms with Gasteiger partial charge in [-0.05, 0) is 44.2 Å². The summed E-state index contributed by atoms with van der Waals surface area (Å²) in [4.78, 5) is 20.5. The molecule has 4 heterocycles. The highest BCUT2D eigenvalue weighted by Crippen LogP contribution is 2.32. The molecule has 6 rings (SSSR count). The van der Waals surface area contributed by atoms with Gasteiger partial charge in [0.05, 0.1) is 34.5 Å². The molecule has 42 heavy (non-hydrogen) atoms. The molecule has 13 heteroatoms. The molecule has 0 atom stereocenters. The molecule has 1 saturated heterocycles. The number of urea groups is 1. The van der Waals surface area contributed by atoms with Crippen molar-refractivity contribution in [1.82, 2.24) is 19.4 Å². The number of carbonyl (C=O) groups is 1. The Kier molecular flexibility index (Phi) is 7.84. The van der Waals surface area contributed by atoms with Gasteiger partial charge in [0.15, 0.2) is 17.1 Å². The molecule has 5 aromatic rings. The van der Waals surface area contributed by atoms with Crippen LogP contribution in [0.5, 0.6) is 5.75 Å². The third-order valence-corrected chi connectivity index (χ3v) is 8.33. The van der Waals surface area contributed by atoms with Crippen LogP contribution in [0.15, 0.2) is 59.3 Å². The molecular formula is C29H32N6O6S. The summed E-state index contributed by atoms with van der Waals surface area (Å²) in [5, 5.41) is 28.2. The van der Waals surface area contributed by atoms with Gasteiger partial charge in [0, 0.05) is 43.1 Å². The molecule has 4 N–H and O–H groups in total. The molecule has 220 valence electrons. The molecular weight excluding hydrogens is 560 g/mol. The largest absolute Gasteiger partial charge is 0.492 e. The number of fused-ring (bicyclic) bond motifs is 3. The van der Waals surface area contributed by atoms with Gasteiger partial charge in [-0.25, -0.2) is 9.78 Å². The van der Waals surface area contributed by atoms with Crippen LogP contribution < -0.4 is 15.4 Å². The van der Waals surface area contributed by atoms with E-state index in [1.165, 1.54) is 6.07 Å². The first-order valence-electron chi connectivity index (χ1n) is 13.6. The fourth-order valence-corrected chi connectivity index (χ4v) is 5.63. The molecule has 12 nitrogen and oxygen atoms in total. The SMILES string of the molecule is CC(C)(c1cc(NC(=O)Nc2ccc(-c3cn4c(n3)sc3cc(OCCN5CCOCC5)ccc34)cc2)no1)C(O)O. The second-order valence-corrected chi connectivity index (χ2v) is 11.7. The average Bonchev–Trinajstić information content (AvgIpc) is 3.69. The topological polar surface area (TPSA) is 147 Å². The Balaban J connectivity index is 1.07. The van der Waals surface area contributed by atoms with Gasteiger partial charge in [-0.1, -0.05) is 28.6 Å². The average molecular weight is 593 g/mol. The van der Waals surface area contributed by atoms with Crippen LogP contribution in [0, 0.1) is 0 Å². The Hall–Kier alpha value is -4.01. The van der Waals surface area contributed by atoms with Crippen LogP contribution in [0.2, 0.25) is 0 Å². The molecule has 3 aromatic heterocycles. The van der Waals surface area contributed by atoms with Gasteiger partial charge in [0.1, 0.15) is 18.1 Å². The summed E-state index contributed by atoms with van der Waals surface area (Å²) in [6.07, 6.45) is 0.369. The first-order chi connectivity index (χ1) is 20.3. The van der Waals surface area contributed by atoms with Crippen molar-refractivity contribution in [2.24, 2.45) is 0 Å². The predicted octanol–water partition coefficient (Wildman–Crippen LogP) is 4.15. The number of morpholine rings is 1. The number of aromatic nitrogens is 3. The Bertz CT molecular complexity index is 1690. The Labute approximate surface area is 245 Å². The van der Waals surface area contributed by atoms with Crippen LogP contribution in [0.3, 0.4) is 0 Å². The number of hydrogen-bond donors (Lipinski definition) is 4. The first kappa shape index (κ1) is 28.1. The first-order valence-corrected chi connectivity index (χ1v) is 14.4. The molecule has 0 radical (unpaired) electrons. The number of amides is 2. The highest BCUT2D eigenvalue weighted by atomic mass is 32.1. The quantitative estimate of drug-likeness (QED) is 0.185. The zero-order chi connectivity index (χ0) is 29.3. The third kappa shape index (κ3) is 5.96. The van der Waals surface area contributed by atoms with Crippen molar-refractivity contribution in [3.05, 3.63) is 60.5 Å². The lowest BCUT2D eigenvalue weighted by Gasteiger charge is -2.26. The summed E-state index contributed by atoms with van der Waals surface area (Å²) in [7, 11) is 0. The third-order valence-electron chi connectivity index (χ3n) is 7.32. The highest BCUT2D eigenvalue weighted by Gasteiger charge is 2.33. The van der Waals surface area contributed by atoms with Crippen molar-refractivity contribution in [2.45, 2.75) is 25.6 Å². The van der Waals surface area contributed by atoms with E-state index < -0.39 is 17.7 Å². The number of hydrogen-bond acceptors (Lipinski definition) is 10. The van der Waals surface area contributed by atoms with Crippen LogP contribution >= 0.6 is 11.3 Å². The van der Waals surface area contributed by atoms with E-state index in [4.69, 9.17) is 19.0 Å². The molecule has 0 unspecified atom stereocenters. The normalized spacial score (nSPS) is 14.6. The van der Waals surface area contributed by atoms with E-state index in [1.54, 1.807) is 37.3 Å². The van der Waals surface area contributed by atoms with Gasteiger partial charge in [-0.3, -0.25) is 14.6 Å². The van der Waals surface area contributed by atoms with Gasteiger partial charge in [-0.15, -0.1) is 0 Å². The van der Waals surface area contributed by atoms with E-state index in [0.717, 1.165) is 65.0 Å². The monoisotopic (exact) mass is 592 g/mol. The van der Waals surface area contributed by atoms with Crippen LogP contribution in [-0.2, 0) is 10.2 Å². The molecule has 0 bridgehead atoms. The summed E-state index contributed by atoms with van der Waals surface area (Å²) in [5.74, 6) is 1.24. The maximum absolute atomic E-state index is 12.5. The summed E-state index contributed by atoms with van der Waals surface area (Å²) >= 11 is 1.61. The lowest BCUT2D eigenvalue weighted by molar-refractivity contribution is -0.0956. The van der Waals surface area contributed by atoms with Crippen LogP contribution in [0.4, 0.5) is 16.3 Å². The molecule has 0 aliphatic carbocycles. The number of rotatable bonds is 9. The molecule has 1 aliphatic rings. The van der Waals surface area contributed by atoms with Crippen LogP contribution in [0.1, 0.15) is 19.6 Å². The molecule has 2 aromatic carbocycles. The number of nitrogens with zero attached hydrogens (tertiary/aromatic N) is 4. The number of aliphatic hydroxyl groups excluding tert-OH is 1. The van der Waals surface area contributed by atoms with Gasteiger partial charge in [-0.2, -0.15) is 0 Å². The number of anilines is 2. The number of benzene rings is 2. The standard InChI is InChI=1S/C29H32N6O6S/c1-29(2,26(36)37)24-16-25(33-41-24)32-27(38)30-19-5-3-18(4-6-19)21-17-35-22-8-7-20(15-23(22)42-28(35)31-21)40-14-11-34-9-12-39-13-10-34/h3-8,15-17,26,36-37H,9-14H2,1-2H3,(H2,30,32,33,38). The lowest BCUT2D eigenvalue weighted by Crippen LogP contribution is -2.38. The Morgan fingerprint density at radius 1 is 1.12 bits per heavy atom. The minimum absolute atomic E-state index is 0.157. The minimum atomic E-state index is -1.64. The summed E-state index contributed by atoms with van der Waals surface area (Å²) in [5.41, 5.74) is 2.32. The molecule has 1 aliphatic heterocycles. The summed E-state index contributed by atoms with van der Waals surface area (Å²) in [6, 6.07) is 14.4. The molecule has 1 fully saturated rings. The zero-order valence-corrected chi connectivity index (χ0v) is 24.1. The fraction of sp³-hybridized carbons (Fsp3) is 0.345. The van der Waals surface area contributed by atoms with E-state index in [-0.39, 0.29) is 11.6 Å². The van der Waals surface area contributed by atoms with Crippen LogP contribution in [-0.4, -0.2) is 81.4 Å².